The Hall–Kier alpha value is -0.830. The van der Waals surface area contributed by atoms with E-state index in [9.17, 15) is 0 Å². The van der Waals surface area contributed by atoms with Gasteiger partial charge in [0, 0.05) is 5.41 Å². The molecular weight excluding hydrogens is 280 g/mol. The van der Waals surface area contributed by atoms with Crippen molar-refractivity contribution < 1.29 is 9.47 Å². The minimum absolute atomic E-state index is 0.234. The van der Waals surface area contributed by atoms with E-state index in [0.717, 1.165) is 36.9 Å². The fourth-order valence-corrected chi connectivity index (χ4v) is 3.37. The topological polar surface area (TPSA) is 18.5 Å². The summed E-state index contributed by atoms with van der Waals surface area (Å²) in [5, 5.41) is 0. The van der Waals surface area contributed by atoms with Gasteiger partial charge in [0.2, 0.25) is 0 Å². The van der Waals surface area contributed by atoms with Crippen LogP contribution in [0.2, 0.25) is 0 Å². The van der Waals surface area contributed by atoms with Crippen molar-refractivity contribution in [2.24, 2.45) is 5.41 Å². The molecule has 1 aromatic rings. The molecule has 0 unspecified atom stereocenters. The molecule has 2 rings (SSSR count). The summed E-state index contributed by atoms with van der Waals surface area (Å²) in [7, 11) is 0. The van der Waals surface area contributed by atoms with Crippen molar-refractivity contribution in [3.63, 3.8) is 0 Å². The Morgan fingerprint density at radius 1 is 1.00 bits per heavy atom. The molecule has 0 radical (unpaired) electrons. The van der Waals surface area contributed by atoms with Gasteiger partial charge in [-0.1, -0.05) is 44.7 Å². The zero-order valence-electron chi connectivity index (χ0n) is 13.1. The maximum absolute atomic E-state index is 6.15. The van der Waals surface area contributed by atoms with E-state index >= 15 is 0 Å². The summed E-state index contributed by atoms with van der Waals surface area (Å²) >= 11 is 4.61. The highest BCUT2D eigenvalue weighted by Crippen LogP contribution is 2.37. The van der Waals surface area contributed by atoms with E-state index in [-0.39, 0.29) is 5.41 Å². The lowest BCUT2D eigenvalue weighted by molar-refractivity contribution is 0.143. The van der Waals surface area contributed by atoms with Gasteiger partial charge in [-0.3, -0.25) is 0 Å². The largest absolute Gasteiger partial charge is 0.490 e. The van der Waals surface area contributed by atoms with Gasteiger partial charge in [-0.25, -0.2) is 0 Å². The van der Waals surface area contributed by atoms with E-state index in [2.05, 4.69) is 19.6 Å². The van der Waals surface area contributed by atoms with Crippen LogP contribution in [-0.2, 0) is 0 Å². The van der Waals surface area contributed by atoms with E-state index in [0.29, 0.717) is 0 Å². The maximum Gasteiger partial charge on any atom is 0.161 e. The van der Waals surface area contributed by atoms with Crippen molar-refractivity contribution in [2.45, 2.75) is 51.9 Å². The van der Waals surface area contributed by atoms with Gasteiger partial charge >= 0.3 is 0 Å². The van der Waals surface area contributed by atoms with Crippen LogP contribution in [0.3, 0.4) is 0 Å². The average molecular weight is 308 g/mol. The van der Waals surface area contributed by atoms with Crippen LogP contribution < -0.4 is 9.47 Å². The summed E-state index contributed by atoms with van der Waals surface area (Å²) in [4.78, 5) is 0. The molecule has 1 saturated carbocycles. The Balaban J connectivity index is 2.00. The Kier molecular flexibility index (Phi) is 6.75. The highest BCUT2D eigenvalue weighted by atomic mass is 32.1. The second-order valence-electron chi connectivity index (χ2n) is 6.16. The Bertz CT molecular complexity index is 411. The van der Waals surface area contributed by atoms with Crippen molar-refractivity contribution >= 4 is 12.6 Å². The zero-order valence-corrected chi connectivity index (χ0v) is 14.0. The van der Waals surface area contributed by atoms with Gasteiger partial charge in [-0.15, -0.1) is 0 Å². The molecule has 0 heterocycles. The third kappa shape index (κ3) is 4.84. The number of thiol groups is 1. The normalized spacial score (nSPS) is 18.0. The van der Waals surface area contributed by atoms with Crippen molar-refractivity contribution in [1.29, 1.82) is 0 Å². The third-order valence-corrected chi connectivity index (χ3v) is 5.02. The van der Waals surface area contributed by atoms with Gasteiger partial charge in [0.05, 0.1) is 13.2 Å². The lowest BCUT2D eigenvalue weighted by Gasteiger charge is -2.31. The van der Waals surface area contributed by atoms with Crippen LogP contribution in [0, 0.1) is 5.41 Å². The number of rotatable bonds is 7. The van der Waals surface area contributed by atoms with E-state index < -0.39 is 0 Å². The smallest absolute Gasteiger partial charge is 0.161 e. The van der Waals surface area contributed by atoms with Gasteiger partial charge in [0.25, 0.3) is 0 Å². The fourth-order valence-electron chi connectivity index (χ4n) is 2.96. The van der Waals surface area contributed by atoms with Gasteiger partial charge in [0.1, 0.15) is 0 Å². The molecule has 1 fully saturated rings. The number of ether oxygens (including phenoxy) is 2. The molecule has 0 saturated heterocycles. The van der Waals surface area contributed by atoms with Gasteiger partial charge in [0.15, 0.2) is 11.5 Å². The molecule has 0 amide bonds. The van der Waals surface area contributed by atoms with Crippen LogP contribution >= 0.6 is 12.6 Å². The van der Waals surface area contributed by atoms with E-state index in [4.69, 9.17) is 9.47 Å². The van der Waals surface area contributed by atoms with Crippen molar-refractivity contribution in [3.05, 3.63) is 24.3 Å². The van der Waals surface area contributed by atoms with Gasteiger partial charge in [-0.05, 0) is 37.1 Å². The second-order valence-corrected chi connectivity index (χ2v) is 6.47. The minimum atomic E-state index is 0.234. The third-order valence-electron chi connectivity index (χ3n) is 4.34. The lowest BCUT2D eigenvalue weighted by Crippen LogP contribution is -2.30. The Morgan fingerprint density at radius 2 is 1.62 bits per heavy atom. The summed E-state index contributed by atoms with van der Waals surface area (Å²) in [6.45, 7) is 3.60. The van der Waals surface area contributed by atoms with Crippen LogP contribution in [0.5, 0.6) is 11.5 Å². The highest BCUT2D eigenvalue weighted by Gasteiger charge is 2.30. The lowest BCUT2D eigenvalue weighted by atomic mass is 9.83. The first-order valence-corrected chi connectivity index (χ1v) is 8.88. The summed E-state index contributed by atoms with van der Waals surface area (Å²) < 4.78 is 11.9. The van der Waals surface area contributed by atoms with Crippen molar-refractivity contribution in [2.75, 3.05) is 19.0 Å². The van der Waals surface area contributed by atoms with Crippen LogP contribution in [0.25, 0.3) is 0 Å². The Labute approximate surface area is 134 Å². The first-order chi connectivity index (χ1) is 10.3. The van der Waals surface area contributed by atoms with Crippen LogP contribution in [0.1, 0.15) is 51.9 Å². The van der Waals surface area contributed by atoms with Crippen LogP contribution in [0.15, 0.2) is 24.3 Å². The molecule has 2 nitrogen and oxygen atoms in total. The second kappa shape index (κ2) is 8.57. The minimum Gasteiger partial charge on any atom is -0.490 e. The first-order valence-electron chi connectivity index (χ1n) is 8.25. The SMILES string of the molecule is CCCOc1ccccc1OCC1(CS)CCCCCC1. The molecule has 3 heteroatoms. The average Bonchev–Trinajstić information content (AvgIpc) is 2.78. The number of para-hydroxylation sites is 2. The van der Waals surface area contributed by atoms with Crippen molar-refractivity contribution in [3.8, 4) is 11.5 Å². The molecule has 0 spiro atoms. The standard InChI is InChI=1S/C18H28O2S/c1-2-13-19-16-9-5-6-10-17(16)20-14-18(15-21)11-7-3-4-8-12-18/h5-6,9-10,21H,2-4,7-8,11-15H2,1H3. The number of benzene rings is 1. The van der Waals surface area contributed by atoms with E-state index in [1.54, 1.807) is 0 Å². The van der Waals surface area contributed by atoms with E-state index in [1.807, 2.05) is 24.3 Å². The molecule has 1 aliphatic carbocycles. The fraction of sp³-hybridized carbons (Fsp3) is 0.667. The quantitative estimate of drug-likeness (QED) is 0.556. The molecule has 0 aliphatic heterocycles. The van der Waals surface area contributed by atoms with Crippen LogP contribution in [0.4, 0.5) is 0 Å². The zero-order chi connectivity index (χ0) is 15.0. The van der Waals surface area contributed by atoms with Gasteiger partial charge < -0.3 is 9.47 Å². The van der Waals surface area contributed by atoms with Crippen molar-refractivity contribution in [1.82, 2.24) is 0 Å². The summed E-state index contributed by atoms with van der Waals surface area (Å²) in [5.74, 6) is 2.64. The molecule has 0 bridgehead atoms. The molecule has 1 aliphatic rings. The maximum atomic E-state index is 6.15. The molecule has 21 heavy (non-hydrogen) atoms. The summed E-state index contributed by atoms with van der Waals surface area (Å²) in [6.07, 6.45) is 8.78. The highest BCUT2D eigenvalue weighted by molar-refractivity contribution is 7.80. The Morgan fingerprint density at radius 3 is 2.19 bits per heavy atom. The molecule has 0 aromatic heterocycles. The predicted molar refractivity (Wildman–Crippen MR) is 91.7 cm³/mol. The number of hydrogen-bond acceptors (Lipinski definition) is 3. The molecule has 0 atom stereocenters. The molecule has 1 aromatic carbocycles. The number of hydrogen-bond donors (Lipinski definition) is 1. The first kappa shape index (κ1) is 16.5. The predicted octanol–water partition coefficient (Wildman–Crippen LogP) is 5.12. The van der Waals surface area contributed by atoms with Gasteiger partial charge in [-0.2, -0.15) is 12.6 Å². The summed E-state index contributed by atoms with van der Waals surface area (Å²) in [6, 6.07) is 8.01. The van der Waals surface area contributed by atoms with E-state index in [1.165, 1.54) is 38.5 Å². The summed E-state index contributed by atoms with van der Waals surface area (Å²) in [5.41, 5.74) is 0.234. The molecule has 118 valence electrons. The molecule has 0 N–H and O–H groups in total. The molecular formula is C18H28O2S. The monoisotopic (exact) mass is 308 g/mol. The van der Waals surface area contributed by atoms with Crippen LogP contribution in [-0.4, -0.2) is 19.0 Å².